The molecule has 11 aromatic rings. The van der Waals surface area contributed by atoms with Gasteiger partial charge in [0.1, 0.15) is 11.2 Å². The van der Waals surface area contributed by atoms with Crippen LogP contribution < -0.4 is 4.90 Å². The molecule has 1 aromatic heterocycles. The Hall–Kier alpha value is -7.68. The van der Waals surface area contributed by atoms with E-state index in [2.05, 4.69) is 217 Å². The van der Waals surface area contributed by atoms with Gasteiger partial charge in [0, 0.05) is 27.8 Å². The van der Waals surface area contributed by atoms with E-state index in [-0.39, 0.29) is 0 Å². The normalized spacial score (nSPS) is 11.4. The zero-order chi connectivity index (χ0) is 38.4. The van der Waals surface area contributed by atoms with Gasteiger partial charge in [-0.3, -0.25) is 0 Å². The van der Waals surface area contributed by atoms with Crippen LogP contribution in [0, 0.1) is 0 Å². The summed E-state index contributed by atoms with van der Waals surface area (Å²) in [5.41, 5.74) is 14.6. The number of fused-ring (bicyclic) bond motifs is 6. The number of hydrogen-bond acceptors (Lipinski definition) is 2. The third-order valence-electron chi connectivity index (χ3n) is 11.5. The minimum absolute atomic E-state index is 0.906. The van der Waals surface area contributed by atoms with Gasteiger partial charge in [-0.25, -0.2) is 0 Å². The van der Waals surface area contributed by atoms with Crippen LogP contribution in [0.4, 0.5) is 17.1 Å². The summed E-state index contributed by atoms with van der Waals surface area (Å²) in [5.74, 6) is 0. The first-order chi connectivity index (χ1) is 28.7. The van der Waals surface area contributed by atoms with Crippen molar-refractivity contribution in [2.24, 2.45) is 0 Å². The average molecular weight is 740 g/mol. The van der Waals surface area contributed by atoms with Crippen molar-refractivity contribution in [2.75, 3.05) is 4.90 Å². The maximum absolute atomic E-state index is 6.12. The number of para-hydroxylation sites is 1. The third-order valence-corrected chi connectivity index (χ3v) is 11.5. The van der Waals surface area contributed by atoms with Gasteiger partial charge < -0.3 is 9.32 Å². The van der Waals surface area contributed by atoms with Crippen molar-refractivity contribution in [1.29, 1.82) is 0 Å². The lowest BCUT2D eigenvalue weighted by Gasteiger charge is -2.26. The first-order valence-corrected chi connectivity index (χ1v) is 19.8. The molecule has 0 unspecified atom stereocenters. The summed E-state index contributed by atoms with van der Waals surface area (Å²) in [6.07, 6.45) is 0. The lowest BCUT2D eigenvalue weighted by Crippen LogP contribution is -2.10. The van der Waals surface area contributed by atoms with Crippen LogP contribution in [0.25, 0.3) is 88.0 Å². The van der Waals surface area contributed by atoms with Gasteiger partial charge in [0.15, 0.2) is 0 Å². The van der Waals surface area contributed by atoms with Crippen LogP contribution in [0.5, 0.6) is 0 Å². The summed E-state index contributed by atoms with van der Waals surface area (Å²) in [5, 5.41) is 7.34. The Balaban J connectivity index is 0.967. The van der Waals surface area contributed by atoms with E-state index in [1.54, 1.807) is 0 Å². The summed E-state index contributed by atoms with van der Waals surface area (Å²) < 4.78 is 6.12. The maximum Gasteiger partial charge on any atom is 0.135 e. The smallest absolute Gasteiger partial charge is 0.135 e. The van der Waals surface area contributed by atoms with Crippen molar-refractivity contribution in [1.82, 2.24) is 0 Å². The highest BCUT2D eigenvalue weighted by molar-refractivity contribution is 6.08. The monoisotopic (exact) mass is 739 g/mol. The van der Waals surface area contributed by atoms with Crippen molar-refractivity contribution >= 4 is 60.5 Å². The average Bonchev–Trinajstić information content (AvgIpc) is 3.68. The van der Waals surface area contributed by atoms with Crippen molar-refractivity contribution in [3.63, 3.8) is 0 Å². The predicted octanol–water partition coefficient (Wildman–Crippen LogP) is 16.0. The van der Waals surface area contributed by atoms with Crippen LogP contribution in [0.15, 0.2) is 229 Å². The third kappa shape index (κ3) is 6.09. The molecule has 0 fully saturated rings. The fourth-order valence-corrected chi connectivity index (χ4v) is 8.46. The number of rotatable bonds is 7. The minimum Gasteiger partial charge on any atom is -0.456 e. The highest BCUT2D eigenvalue weighted by atomic mass is 16.3. The van der Waals surface area contributed by atoms with Crippen LogP contribution in [0.3, 0.4) is 0 Å². The fraction of sp³-hybridized carbons (Fsp3) is 0. The number of hydrogen-bond donors (Lipinski definition) is 0. The molecule has 272 valence electrons. The molecule has 0 N–H and O–H groups in total. The Morgan fingerprint density at radius 1 is 0.241 bits per heavy atom. The summed E-state index contributed by atoms with van der Waals surface area (Å²) in [6.45, 7) is 0. The molecule has 0 aliphatic carbocycles. The summed E-state index contributed by atoms with van der Waals surface area (Å²) in [6, 6.07) is 80.8. The Labute approximate surface area is 337 Å². The van der Waals surface area contributed by atoms with Gasteiger partial charge in [-0.15, -0.1) is 0 Å². The van der Waals surface area contributed by atoms with Crippen LogP contribution in [-0.2, 0) is 0 Å². The van der Waals surface area contributed by atoms with E-state index in [9.17, 15) is 0 Å². The zero-order valence-corrected chi connectivity index (χ0v) is 31.7. The van der Waals surface area contributed by atoms with Gasteiger partial charge in [-0.2, -0.15) is 0 Å². The standard InChI is InChI=1S/C56H37NO/c1-2-9-38(10-3-1)39-17-19-40(20-18-39)44-12-8-13-50(36-44)57(49-31-25-42(26-32-49)46-28-34-56-54(37-46)53-15-6-7-16-55(53)58-56)48-29-23-41(24-30-48)45-27-33-52-47(35-45)22-21-43-11-4-5-14-51(43)52/h1-37H. The van der Waals surface area contributed by atoms with Gasteiger partial charge in [-0.05, 0) is 127 Å². The lowest BCUT2D eigenvalue weighted by molar-refractivity contribution is 0.669. The highest BCUT2D eigenvalue weighted by Crippen LogP contribution is 2.40. The molecule has 0 bridgehead atoms. The molecule has 10 aromatic carbocycles. The molecule has 0 amide bonds. The fourth-order valence-electron chi connectivity index (χ4n) is 8.46. The van der Waals surface area contributed by atoms with E-state index >= 15 is 0 Å². The number of anilines is 3. The molecule has 0 radical (unpaired) electrons. The van der Waals surface area contributed by atoms with Gasteiger partial charge in [0.25, 0.3) is 0 Å². The van der Waals surface area contributed by atoms with E-state index in [1.165, 1.54) is 54.9 Å². The summed E-state index contributed by atoms with van der Waals surface area (Å²) >= 11 is 0. The molecule has 2 heteroatoms. The largest absolute Gasteiger partial charge is 0.456 e. The van der Waals surface area contributed by atoms with E-state index < -0.39 is 0 Å². The van der Waals surface area contributed by atoms with E-state index in [1.807, 2.05) is 12.1 Å². The molecule has 58 heavy (non-hydrogen) atoms. The molecule has 11 rings (SSSR count). The predicted molar refractivity (Wildman–Crippen MR) is 245 cm³/mol. The van der Waals surface area contributed by atoms with Crippen molar-refractivity contribution in [3.05, 3.63) is 224 Å². The van der Waals surface area contributed by atoms with Crippen molar-refractivity contribution in [3.8, 4) is 44.5 Å². The van der Waals surface area contributed by atoms with Crippen LogP contribution >= 0.6 is 0 Å². The number of furan rings is 1. The van der Waals surface area contributed by atoms with Gasteiger partial charge in [0.2, 0.25) is 0 Å². The molecule has 1 heterocycles. The Morgan fingerprint density at radius 3 is 1.47 bits per heavy atom. The lowest BCUT2D eigenvalue weighted by atomic mass is 9.97. The SMILES string of the molecule is c1ccc(-c2ccc(-c3cccc(N(c4ccc(-c5ccc6c(ccc7ccccc76)c5)cc4)c4ccc(-c5ccc6oc7ccccc7c6c5)cc4)c3)cc2)cc1. The Morgan fingerprint density at radius 2 is 0.724 bits per heavy atom. The summed E-state index contributed by atoms with van der Waals surface area (Å²) in [4.78, 5) is 2.36. The molecule has 0 saturated carbocycles. The molecular weight excluding hydrogens is 703 g/mol. The molecule has 0 aliphatic heterocycles. The van der Waals surface area contributed by atoms with Crippen LogP contribution in [0.1, 0.15) is 0 Å². The second kappa shape index (κ2) is 14.1. The molecule has 0 aliphatic rings. The number of nitrogens with zero attached hydrogens (tertiary/aromatic N) is 1. The molecule has 2 nitrogen and oxygen atoms in total. The topological polar surface area (TPSA) is 16.4 Å². The maximum atomic E-state index is 6.12. The minimum atomic E-state index is 0.906. The first kappa shape index (κ1) is 33.6. The van der Waals surface area contributed by atoms with E-state index in [4.69, 9.17) is 4.42 Å². The van der Waals surface area contributed by atoms with Crippen LogP contribution in [0.2, 0.25) is 0 Å². The van der Waals surface area contributed by atoms with Gasteiger partial charge in [-0.1, -0.05) is 164 Å². The van der Waals surface area contributed by atoms with Gasteiger partial charge in [0.05, 0.1) is 0 Å². The summed E-state index contributed by atoms with van der Waals surface area (Å²) in [7, 11) is 0. The van der Waals surface area contributed by atoms with Gasteiger partial charge >= 0.3 is 0 Å². The van der Waals surface area contributed by atoms with Crippen LogP contribution in [-0.4, -0.2) is 0 Å². The molecule has 0 spiro atoms. The molecular formula is C56H37NO. The number of benzene rings is 10. The first-order valence-electron chi connectivity index (χ1n) is 19.8. The van der Waals surface area contributed by atoms with E-state index in [0.29, 0.717) is 0 Å². The van der Waals surface area contributed by atoms with Crippen molar-refractivity contribution < 1.29 is 4.42 Å². The molecule has 0 atom stereocenters. The Kier molecular flexibility index (Phi) is 8.19. The molecule has 0 saturated heterocycles. The highest BCUT2D eigenvalue weighted by Gasteiger charge is 2.16. The van der Waals surface area contributed by atoms with E-state index in [0.717, 1.165) is 50.1 Å². The quantitative estimate of drug-likeness (QED) is 0.151. The zero-order valence-electron chi connectivity index (χ0n) is 31.7. The van der Waals surface area contributed by atoms with Crippen molar-refractivity contribution in [2.45, 2.75) is 0 Å². The second-order valence-corrected chi connectivity index (χ2v) is 15.0. The Bertz CT molecular complexity index is 3250. The second-order valence-electron chi connectivity index (χ2n) is 15.0.